The molecule has 1 aromatic carbocycles. The monoisotopic (exact) mass is 305 g/mol. The molecule has 0 fully saturated rings. The number of nitrogens with zero attached hydrogens (tertiary/aromatic N) is 1. The van der Waals surface area contributed by atoms with Gasteiger partial charge in [0.05, 0.1) is 18.7 Å². The van der Waals surface area contributed by atoms with Crippen molar-refractivity contribution in [2.24, 2.45) is 0 Å². The number of aromatic nitrogens is 1. The van der Waals surface area contributed by atoms with Gasteiger partial charge in [-0.1, -0.05) is 11.6 Å². The van der Waals surface area contributed by atoms with Crippen LogP contribution in [0.1, 0.15) is 5.56 Å². The number of nitrogens with one attached hydrogen (secondary N) is 2. The number of pyridine rings is 1. The molecule has 1 aromatic heterocycles. The fraction of sp³-hybridized carbons (Fsp3) is 0.200. The number of carbonyl (C=O) groups is 1. The molecule has 1 amide bonds. The molecule has 0 unspecified atom stereocenters. The van der Waals surface area contributed by atoms with Gasteiger partial charge < -0.3 is 15.4 Å². The van der Waals surface area contributed by atoms with Crippen LogP contribution >= 0.6 is 11.6 Å². The molecule has 0 saturated heterocycles. The molecule has 21 heavy (non-hydrogen) atoms. The smallest absolute Gasteiger partial charge is 0.238 e. The normalized spacial score (nSPS) is 10.2. The van der Waals surface area contributed by atoms with Crippen LogP contribution in [0.25, 0.3) is 0 Å². The topological polar surface area (TPSA) is 63.2 Å². The minimum Gasteiger partial charge on any atom is -0.495 e. The zero-order valence-electron chi connectivity index (χ0n) is 11.6. The van der Waals surface area contributed by atoms with Crippen LogP contribution in [0.5, 0.6) is 5.75 Å². The van der Waals surface area contributed by atoms with Gasteiger partial charge in [-0.3, -0.25) is 9.78 Å². The molecule has 0 aliphatic heterocycles. The first-order chi connectivity index (χ1) is 10.2. The summed E-state index contributed by atoms with van der Waals surface area (Å²) in [5.74, 6) is 0.441. The second-order valence-electron chi connectivity index (χ2n) is 4.36. The highest BCUT2D eigenvalue weighted by atomic mass is 35.5. The third-order valence-electron chi connectivity index (χ3n) is 2.80. The summed E-state index contributed by atoms with van der Waals surface area (Å²) in [4.78, 5) is 15.7. The van der Waals surface area contributed by atoms with E-state index in [0.29, 0.717) is 23.0 Å². The summed E-state index contributed by atoms with van der Waals surface area (Å²) in [6, 6.07) is 8.90. The van der Waals surface area contributed by atoms with Crippen LogP contribution in [0.3, 0.4) is 0 Å². The molecule has 0 radical (unpaired) electrons. The predicted octanol–water partition coefficient (Wildman–Crippen LogP) is 2.47. The zero-order valence-corrected chi connectivity index (χ0v) is 12.4. The number of hydrogen-bond donors (Lipinski definition) is 2. The van der Waals surface area contributed by atoms with Crippen molar-refractivity contribution in [2.45, 2.75) is 6.54 Å². The van der Waals surface area contributed by atoms with Gasteiger partial charge in [0.2, 0.25) is 5.91 Å². The Morgan fingerprint density at radius 1 is 1.29 bits per heavy atom. The summed E-state index contributed by atoms with van der Waals surface area (Å²) in [6.07, 6.45) is 3.44. The van der Waals surface area contributed by atoms with Crippen molar-refractivity contribution in [3.63, 3.8) is 0 Å². The number of methoxy groups -OCH3 is 1. The minimum atomic E-state index is -0.134. The SMILES string of the molecule is COc1ccc(NC(=O)CNCc2ccncc2)cc1Cl. The molecule has 0 bridgehead atoms. The lowest BCUT2D eigenvalue weighted by Gasteiger charge is -2.09. The highest BCUT2D eigenvalue weighted by Crippen LogP contribution is 2.27. The van der Waals surface area contributed by atoms with Crippen LogP contribution in [0.4, 0.5) is 5.69 Å². The van der Waals surface area contributed by atoms with Gasteiger partial charge in [-0.05, 0) is 35.9 Å². The maximum absolute atomic E-state index is 11.8. The van der Waals surface area contributed by atoms with E-state index in [0.717, 1.165) is 5.56 Å². The maximum Gasteiger partial charge on any atom is 0.238 e. The number of halogens is 1. The van der Waals surface area contributed by atoms with Crippen LogP contribution in [-0.4, -0.2) is 24.5 Å². The molecular formula is C15H16ClN3O2. The Labute approximate surface area is 128 Å². The van der Waals surface area contributed by atoms with Crippen molar-refractivity contribution in [1.29, 1.82) is 0 Å². The summed E-state index contributed by atoms with van der Waals surface area (Å²) in [6.45, 7) is 0.825. The van der Waals surface area contributed by atoms with E-state index in [1.165, 1.54) is 0 Å². The fourth-order valence-corrected chi connectivity index (χ4v) is 2.03. The molecular weight excluding hydrogens is 290 g/mol. The number of hydrogen-bond acceptors (Lipinski definition) is 4. The average molecular weight is 306 g/mol. The van der Waals surface area contributed by atoms with Crippen molar-refractivity contribution in [1.82, 2.24) is 10.3 Å². The van der Waals surface area contributed by atoms with Crippen LogP contribution in [0.15, 0.2) is 42.7 Å². The molecule has 5 nitrogen and oxygen atoms in total. The van der Waals surface area contributed by atoms with E-state index in [9.17, 15) is 4.79 Å². The first-order valence-corrected chi connectivity index (χ1v) is 6.80. The molecule has 0 saturated carbocycles. The van der Waals surface area contributed by atoms with Gasteiger partial charge in [-0.25, -0.2) is 0 Å². The average Bonchev–Trinajstić information content (AvgIpc) is 2.48. The Hall–Kier alpha value is -2.11. The fourth-order valence-electron chi connectivity index (χ4n) is 1.77. The summed E-state index contributed by atoms with van der Waals surface area (Å²) >= 11 is 6.00. The van der Waals surface area contributed by atoms with Gasteiger partial charge in [0.1, 0.15) is 5.75 Å². The number of carbonyl (C=O) groups excluding carboxylic acids is 1. The Morgan fingerprint density at radius 2 is 2.05 bits per heavy atom. The Balaban J connectivity index is 1.80. The van der Waals surface area contributed by atoms with E-state index >= 15 is 0 Å². The van der Waals surface area contributed by atoms with E-state index in [1.807, 2.05) is 12.1 Å². The van der Waals surface area contributed by atoms with Gasteiger partial charge in [-0.15, -0.1) is 0 Å². The molecule has 2 N–H and O–H groups in total. The highest BCUT2D eigenvalue weighted by Gasteiger charge is 2.05. The molecule has 2 aromatic rings. The molecule has 1 heterocycles. The van der Waals surface area contributed by atoms with E-state index in [-0.39, 0.29) is 12.5 Å². The minimum absolute atomic E-state index is 0.134. The maximum atomic E-state index is 11.8. The van der Waals surface area contributed by atoms with Gasteiger partial charge in [0, 0.05) is 24.6 Å². The van der Waals surface area contributed by atoms with Crippen LogP contribution < -0.4 is 15.4 Å². The van der Waals surface area contributed by atoms with E-state index in [1.54, 1.807) is 37.7 Å². The van der Waals surface area contributed by atoms with Crippen molar-refractivity contribution in [3.8, 4) is 5.75 Å². The van der Waals surface area contributed by atoms with Crippen molar-refractivity contribution >= 4 is 23.2 Å². The van der Waals surface area contributed by atoms with E-state index < -0.39 is 0 Å². The van der Waals surface area contributed by atoms with Crippen molar-refractivity contribution in [2.75, 3.05) is 19.0 Å². The van der Waals surface area contributed by atoms with Crippen LogP contribution in [0.2, 0.25) is 5.02 Å². The van der Waals surface area contributed by atoms with Gasteiger partial charge >= 0.3 is 0 Å². The largest absolute Gasteiger partial charge is 0.495 e. The first-order valence-electron chi connectivity index (χ1n) is 6.42. The lowest BCUT2D eigenvalue weighted by molar-refractivity contribution is -0.115. The number of rotatable bonds is 6. The van der Waals surface area contributed by atoms with Gasteiger partial charge in [0.25, 0.3) is 0 Å². The number of anilines is 1. The zero-order chi connectivity index (χ0) is 15.1. The van der Waals surface area contributed by atoms with Gasteiger partial charge in [0.15, 0.2) is 0 Å². The van der Waals surface area contributed by atoms with Crippen LogP contribution in [0, 0.1) is 0 Å². The second-order valence-corrected chi connectivity index (χ2v) is 4.76. The predicted molar refractivity (Wildman–Crippen MR) is 82.6 cm³/mol. The standard InChI is InChI=1S/C15H16ClN3O2/c1-21-14-3-2-12(8-13(14)16)19-15(20)10-18-9-11-4-6-17-7-5-11/h2-8,18H,9-10H2,1H3,(H,19,20). The van der Waals surface area contributed by atoms with Crippen molar-refractivity contribution in [3.05, 3.63) is 53.3 Å². The first kappa shape index (κ1) is 15.3. The molecule has 0 aliphatic carbocycles. The lowest BCUT2D eigenvalue weighted by Crippen LogP contribution is -2.27. The number of ether oxygens (including phenoxy) is 1. The third-order valence-corrected chi connectivity index (χ3v) is 3.09. The molecule has 0 spiro atoms. The number of benzene rings is 1. The highest BCUT2D eigenvalue weighted by molar-refractivity contribution is 6.32. The molecule has 6 heteroatoms. The summed E-state index contributed by atoms with van der Waals surface area (Å²) < 4.78 is 5.06. The summed E-state index contributed by atoms with van der Waals surface area (Å²) in [5, 5.41) is 6.29. The summed E-state index contributed by atoms with van der Waals surface area (Å²) in [5.41, 5.74) is 1.71. The van der Waals surface area contributed by atoms with Gasteiger partial charge in [-0.2, -0.15) is 0 Å². The number of amides is 1. The van der Waals surface area contributed by atoms with Crippen LogP contribution in [-0.2, 0) is 11.3 Å². The van der Waals surface area contributed by atoms with E-state index in [2.05, 4.69) is 15.6 Å². The summed E-state index contributed by atoms with van der Waals surface area (Å²) in [7, 11) is 1.54. The Kier molecular flexibility index (Phi) is 5.54. The molecule has 0 atom stereocenters. The van der Waals surface area contributed by atoms with Crippen molar-refractivity contribution < 1.29 is 9.53 Å². The Morgan fingerprint density at radius 3 is 2.71 bits per heavy atom. The molecule has 0 aliphatic rings. The molecule has 2 rings (SSSR count). The third kappa shape index (κ3) is 4.73. The lowest BCUT2D eigenvalue weighted by atomic mass is 10.2. The Bertz CT molecular complexity index is 605. The van der Waals surface area contributed by atoms with E-state index in [4.69, 9.17) is 16.3 Å². The molecule has 110 valence electrons. The second kappa shape index (κ2) is 7.61. The quantitative estimate of drug-likeness (QED) is 0.860.